The van der Waals surface area contributed by atoms with Crippen LogP contribution in [0.15, 0.2) is 24.3 Å². The predicted molar refractivity (Wildman–Crippen MR) is 59.8 cm³/mol. The van der Waals surface area contributed by atoms with Gasteiger partial charge in [-0.2, -0.15) is 0 Å². The molecule has 1 rings (SSSR count). The minimum absolute atomic E-state index is 0.0898. The number of benzene rings is 1. The number of halogens is 1. The second-order valence-electron chi connectivity index (χ2n) is 2.74. The normalized spacial score (nSPS) is 12.9. The number of hydrogen-bond donors (Lipinski definition) is 2. The van der Waals surface area contributed by atoms with Gasteiger partial charge >= 0.3 is 0 Å². The molecule has 12 heavy (non-hydrogen) atoms. The van der Waals surface area contributed by atoms with Crippen LogP contribution in [0.1, 0.15) is 18.0 Å². The zero-order valence-corrected chi connectivity index (χ0v) is 8.99. The Hall–Kier alpha value is -0.130. The van der Waals surface area contributed by atoms with Crippen LogP contribution in [0, 0.1) is 3.57 Å². The molecular weight excluding hydrogens is 263 g/mol. The van der Waals surface area contributed by atoms with Crippen LogP contribution >= 0.6 is 22.6 Å². The fraction of sp³-hybridized carbons (Fsp3) is 0.333. The van der Waals surface area contributed by atoms with Crippen LogP contribution < -0.4 is 11.5 Å². The second-order valence-corrected chi connectivity index (χ2v) is 3.98. The van der Waals surface area contributed by atoms with Crippen molar-refractivity contribution in [1.82, 2.24) is 0 Å². The minimum atomic E-state index is 0.0898. The van der Waals surface area contributed by atoms with Crippen LogP contribution in [0.5, 0.6) is 0 Å². The van der Waals surface area contributed by atoms with Crippen molar-refractivity contribution in [2.24, 2.45) is 11.5 Å². The minimum Gasteiger partial charge on any atom is -0.330 e. The Kier molecular flexibility index (Phi) is 3.97. The topological polar surface area (TPSA) is 52.0 Å². The Morgan fingerprint density at radius 3 is 2.33 bits per heavy atom. The largest absolute Gasteiger partial charge is 0.330 e. The Bertz CT molecular complexity index is 233. The van der Waals surface area contributed by atoms with Crippen LogP contribution in [0.25, 0.3) is 0 Å². The highest BCUT2D eigenvalue weighted by molar-refractivity contribution is 14.1. The van der Waals surface area contributed by atoms with E-state index >= 15 is 0 Å². The van der Waals surface area contributed by atoms with E-state index in [2.05, 4.69) is 46.9 Å². The molecule has 0 aliphatic heterocycles. The summed E-state index contributed by atoms with van der Waals surface area (Å²) in [6, 6.07) is 8.33. The van der Waals surface area contributed by atoms with Gasteiger partial charge in [0.1, 0.15) is 0 Å². The number of nitrogens with two attached hydrogens (primary N) is 2. The Morgan fingerprint density at radius 2 is 1.83 bits per heavy atom. The molecule has 1 aromatic carbocycles. The summed E-state index contributed by atoms with van der Waals surface area (Å²) in [7, 11) is 0. The Balaban J connectivity index is 2.68. The van der Waals surface area contributed by atoms with E-state index in [1.165, 1.54) is 9.13 Å². The van der Waals surface area contributed by atoms with Crippen molar-refractivity contribution >= 4 is 22.6 Å². The summed E-state index contributed by atoms with van der Waals surface area (Å²) in [5.41, 5.74) is 12.5. The van der Waals surface area contributed by atoms with E-state index in [1.807, 2.05) is 0 Å². The third kappa shape index (κ3) is 2.73. The predicted octanol–water partition coefficient (Wildman–Crippen LogP) is 1.64. The van der Waals surface area contributed by atoms with E-state index in [4.69, 9.17) is 11.5 Å². The molecule has 0 spiro atoms. The molecule has 1 atom stereocenters. The first-order chi connectivity index (χ1) is 5.74. The summed E-state index contributed by atoms with van der Waals surface area (Å²) in [6.45, 7) is 0.646. The third-order valence-corrected chi connectivity index (χ3v) is 2.49. The monoisotopic (exact) mass is 276 g/mol. The summed E-state index contributed by atoms with van der Waals surface area (Å²) in [4.78, 5) is 0. The van der Waals surface area contributed by atoms with Crippen molar-refractivity contribution in [3.05, 3.63) is 33.4 Å². The van der Waals surface area contributed by atoms with Crippen molar-refractivity contribution in [3.8, 4) is 0 Å². The second kappa shape index (κ2) is 4.79. The quantitative estimate of drug-likeness (QED) is 0.825. The summed E-state index contributed by atoms with van der Waals surface area (Å²) < 4.78 is 1.23. The summed E-state index contributed by atoms with van der Waals surface area (Å²) >= 11 is 2.28. The Morgan fingerprint density at radius 1 is 1.25 bits per heavy atom. The molecule has 0 radical (unpaired) electrons. The van der Waals surface area contributed by atoms with Crippen LogP contribution in [-0.2, 0) is 0 Å². The lowest BCUT2D eigenvalue weighted by molar-refractivity contribution is 0.661. The smallest absolute Gasteiger partial charge is 0.0306 e. The lowest BCUT2D eigenvalue weighted by Crippen LogP contribution is -2.15. The van der Waals surface area contributed by atoms with Gasteiger partial charge in [0.25, 0.3) is 0 Å². The van der Waals surface area contributed by atoms with Crippen LogP contribution in [0.2, 0.25) is 0 Å². The average Bonchev–Trinajstić information content (AvgIpc) is 2.06. The van der Waals surface area contributed by atoms with E-state index in [0.29, 0.717) is 6.54 Å². The van der Waals surface area contributed by atoms with Crippen molar-refractivity contribution in [2.45, 2.75) is 12.5 Å². The van der Waals surface area contributed by atoms with Gasteiger partial charge in [0, 0.05) is 9.61 Å². The standard InChI is InChI=1S/C9H13IN2/c10-8-3-1-7(2-4-8)9(12)5-6-11/h1-4,9H,5-6,11-12H2/t9-/m0/s1. The SMILES string of the molecule is NCC[C@H](N)c1ccc(I)cc1. The first kappa shape index (κ1) is 9.95. The van der Waals surface area contributed by atoms with E-state index in [1.54, 1.807) is 0 Å². The van der Waals surface area contributed by atoms with Gasteiger partial charge < -0.3 is 11.5 Å². The molecule has 0 bridgehead atoms. The van der Waals surface area contributed by atoms with E-state index < -0.39 is 0 Å². The lowest BCUT2D eigenvalue weighted by Gasteiger charge is -2.09. The van der Waals surface area contributed by atoms with Gasteiger partial charge in [-0.1, -0.05) is 12.1 Å². The highest BCUT2D eigenvalue weighted by Gasteiger charge is 2.03. The Labute approximate surface area is 86.5 Å². The van der Waals surface area contributed by atoms with Crippen molar-refractivity contribution in [2.75, 3.05) is 6.54 Å². The molecule has 0 heterocycles. The van der Waals surface area contributed by atoms with Crippen LogP contribution in [0.3, 0.4) is 0 Å². The lowest BCUT2D eigenvalue weighted by atomic mass is 10.1. The van der Waals surface area contributed by atoms with Gasteiger partial charge in [-0.3, -0.25) is 0 Å². The fourth-order valence-electron chi connectivity index (χ4n) is 1.06. The molecule has 0 aliphatic rings. The van der Waals surface area contributed by atoms with Crippen molar-refractivity contribution in [3.63, 3.8) is 0 Å². The highest BCUT2D eigenvalue weighted by Crippen LogP contribution is 2.14. The maximum Gasteiger partial charge on any atom is 0.0306 e. The molecular formula is C9H13IN2. The molecule has 0 aliphatic carbocycles. The maximum atomic E-state index is 5.87. The molecule has 66 valence electrons. The van der Waals surface area contributed by atoms with Crippen LogP contribution in [-0.4, -0.2) is 6.54 Å². The van der Waals surface area contributed by atoms with Gasteiger partial charge in [-0.25, -0.2) is 0 Å². The molecule has 0 fully saturated rings. The van der Waals surface area contributed by atoms with Crippen molar-refractivity contribution in [1.29, 1.82) is 0 Å². The van der Waals surface area contributed by atoms with Crippen molar-refractivity contribution < 1.29 is 0 Å². The summed E-state index contributed by atoms with van der Waals surface area (Å²) in [5.74, 6) is 0. The molecule has 0 aromatic heterocycles. The van der Waals surface area contributed by atoms with Gasteiger partial charge in [-0.05, 0) is 53.3 Å². The van der Waals surface area contributed by atoms with Gasteiger partial charge in [0.05, 0.1) is 0 Å². The molecule has 0 amide bonds. The zero-order valence-electron chi connectivity index (χ0n) is 6.83. The van der Waals surface area contributed by atoms with Gasteiger partial charge in [0.15, 0.2) is 0 Å². The molecule has 4 N–H and O–H groups in total. The summed E-state index contributed by atoms with van der Waals surface area (Å²) in [6.07, 6.45) is 0.848. The maximum absolute atomic E-state index is 5.87. The first-order valence-corrected chi connectivity index (χ1v) is 5.03. The number of hydrogen-bond acceptors (Lipinski definition) is 2. The summed E-state index contributed by atoms with van der Waals surface area (Å²) in [5, 5.41) is 0. The third-order valence-electron chi connectivity index (χ3n) is 1.78. The highest BCUT2D eigenvalue weighted by atomic mass is 127. The van der Waals surface area contributed by atoms with E-state index in [9.17, 15) is 0 Å². The van der Waals surface area contributed by atoms with E-state index in [0.717, 1.165) is 6.42 Å². The first-order valence-electron chi connectivity index (χ1n) is 3.95. The van der Waals surface area contributed by atoms with Gasteiger partial charge in [-0.15, -0.1) is 0 Å². The molecule has 3 heteroatoms. The van der Waals surface area contributed by atoms with E-state index in [-0.39, 0.29) is 6.04 Å². The fourth-order valence-corrected chi connectivity index (χ4v) is 1.42. The number of rotatable bonds is 3. The molecule has 1 aromatic rings. The molecule has 2 nitrogen and oxygen atoms in total. The van der Waals surface area contributed by atoms with Gasteiger partial charge in [0.2, 0.25) is 0 Å². The van der Waals surface area contributed by atoms with Crippen LogP contribution in [0.4, 0.5) is 0 Å². The molecule has 0 saturated carbocycles. The average molecular weight is 276 g/mol. The zero-order chi connectivity index (χ0) is 8.97. The molecule has 0 saturated heterocycles. The molecule has 0 unspecified atom stereocenters.